The fourth-order valence-electron chi connectivity index (χ4n) is 2.92. The number of benzene rings is 1. The van der Waals surface area contributed by atoms with E-state index >= 15 is 0 Å². The summed E-state index contributed by atoms with van der Waals surface area (Å²) in [4.78, 5) is 25.2. The maximum absolute atomic E-state index is 14.1. The largest absolute Gasteiger partial charge is 0.373 e. The molecule has 3 rings (SSSR count). The topological polar surface area (TPSA) is 46.6 Å². The molecule has 106 valence electrons. The Kier molecular flexibility index (Phi) is 3.09. The van der Waals surface area contributed by atoms with Crippen molar-refractivity contribution in [3.8, 4) is 0 Å². The highest BCUT2D eigenvalue weighted by molar-refractivity contribution is 6.52. The predicted octanol–water partition coefficient (Wildman–Crippen LogP) is 2.23. The van der Waals surface area contributed by atoms with Crippen molar-refractivity contribution >= 4 is 17.4 Å². The minimum absolute atomic E-state index is 0.105. The molecule has 20 heavy (non-hydrogen) atoms. The Morgan fingerprint density at radius 3 is 2.75 bits per heavy atom. The highest BCUT2D eigenvalue weighted by atomic mass is 19.1. The first kappa shape index (κ1) is 13.2. The first-order chi connectivity index (χ1) is 9.47. The lowest BCUT2D eigenvalue weighted by molar-refractivity contribution is -0.114. The molecule has 1 aromatic carbocycles. The summed E-state index contributed by atoms with van der Waals surface area (Å²) in [5.41, 5.74) is 0.905. The van der Waals surface area contributed by atoms with Crippen LogP contribution in [0.2, 0.25) is 0 Å². The molecular weight excluding hydrogens is 261 g/mol. The second kappa shape index (κ2) is 4.66. The number of hydrogen-bond acceptors (Lipinski definition) is 3. The average Bonchev–Trinajstić information content (AvgIpc) is 2.88. The summed E-state index contributed by atoms with van der Waals surface area (Å²) in [6.45, 7) is 3.91. The first-order valence-electron chi connectivity index (χ1n) is 6.79. The molecule has 2 heterocycles. The van der Waals surface area contributed by atoms with Crippen LogP contribution in [0.15, 0.2) is 12.1 Å². The SMILES string of the molecule is Cc1cc(F)c2c(c1)C(=O)C(=O)N2CC1CCC(C)O1. The Morgan fingerprint density at radius 1 is 1.35 bits per heavy atom. The molecule has 0 aromatic heterocycles. The van der Waals surface area contributed by atoms with Crippen molar-refractivity contribution in [1.29, 1.82) is 0 Å². The van der Waals surface area contributed by atoms with Gasteiger partial charge in [-0.25, -0.2) is 4.39 Å². The summed E-state index contributed by atoms with van der Waals surface area (Å²) in [7, 11) is 0. The number of hydrogen-bond donors (Lipinski definition) is 0. The number of carbonyl (C=O) groups excluding carboxylic acids is 2. The number of fused-ring (bicyclic) bond motifs is 1. The molecule has 0 radical (unpaired) electrons. The van der Waals surface area contributed by atoms with Crippen LogP contribution in [0.3, 0.4) is 0 Å². The van der Waals surface area contributed by atoms with E-state index in [0.29, 0.717) is 5.56 Å². The molecule has 1 amide bonds. The summed E-state index contributed by atoms with van der Waals surface area (Å²) in [5.74, 6) is -1.81. The molecule has 2 aliphatic heterocycles. The number of anilines is 1. The van der Waals surface area contributed by atoms with Crippen LogP contribution in [0.5, 0.6) is 0 Å². The molecule has 0 saturated carbocycles. The van der Waals surface area contributed by atoms with E-state index in [0.717, 1.165) is 12.8 Å². The van der Waals surface area contributed by atoms with E-state index in [1.54, 1.807) is 13.0 Å². The number of nitrogens with zero attached hydrogens (tertiary/aromatic N) is 1. The van der Waals surface area contributed by atoms with E-state index in [2.05, 4.69) is 0 Å². The predicted molar refractivity (Wildman–Crippen MR) is 71.4 cm³/mol. The molecule has 2 atom stereocenters. The molecule has 4 nitrogen and oxygen atoms in total. The third-order valence-electron chi connectivity index (χ3n) is 3.87. The van der Waals surface area contributed by atoms with Crippen molar-refractivity contribution in [1.82, 2.24) is 0 Å². The number of halogens is 1. The molecule has 1 aromatic rings. The number of aryl methyl sites for hydroxylation is 1. The van der Waals surface area contributed by atoms with Gasteiger partial charge in [0.2, 0.25) is 0 Å². The van der Waals surface area contributed by atoms with Crippen molar-refractivity contribution in [2.45, 2.75) is 38.9 Å². The summed E-state index contributed by atoms with van der Waals surface area (Å²) in [6.07, 6.45) is 1.76. The van der Waals surface area contributed by atoms with Crippen LogP contribution in [-0.2, 0) is 9.53 Å². The number of ketones is 1. The third-order valence-corrected chi connectivity index (χ3v) is 3.87. The second-order valence-corrected chi connectivity index (χ2v) is 5.53. The monoisotopic (exact) mass is 277 g/mol. The molecule has 1 fully saturated rings. The van der Waals surface area contributed by atoms with Crippen molar-refractivity contribution in [3.63, 3.8) is 0 Å². The van der Waals surface area contributed by atoms with Gasteiger partial charge < -0.3 is 4.74 Å². The van der Waals surface area contributed by atoms with Gasteiger partial charge in [0.15, 0.2) is 0 Å². The minimum Gasteiger partial charge on any atom is -0.373 e. The number of rotatable bonds is 2. The van der Waals surface area contributed by atoms with Crippen molar-refractivity contribution in [3.05, 3.63) is 29.1 Å². The van der Waals surface area contributed by atoms with E-state index in [1.165, 1.54) is 11.0 Å². The van der Waals surface area contributed by atoms with E-state index in [1.807, 2.05) is 6.92 Å². The number of amides is 1. The molecule has 2 aliphatic rings. The lowest BCUT2D eigenvalue weighted by Gasteiger charge is -2.21. The molecular formula is C15H16FNO3. The van der Waals surface area contributed by atoms with Crippen LogP contribution < -0.4 is 4.90 Å². The molecule has 1 saturated heterocycles. The van der Waals surface area contributed by atoms with Crippen molar-refractivity contribution < 1.29 is 18.7 Å². The third kappa shape index (κ3) is 2.02. The van der Waals surface area contributed by atoms with E-state index in [-0.39, 0.29) is 30.0 Å². The van der Waals surface area contributed by atoms with Gasteiger partial charge in [-0.05, 0) is 44.4 Å². The van der Waals surface area contributed by atoms with Crippen LogP contribution in [-0.4, -0.2) is 30.4 Å². The highest BCUT2D eigenvalue weighted by Gasteiger charge is 2.40. The Bertz CT molecular complexity index is 599. The van der Waals surface area contributed by atoms with Crippen LogP contribution in [0, 0.1) is 12.7 Å². The molecule has 0 N–H and O–H groups in total. The zero-order valence-electron chi connectivity index (χ0n) is 11.5. The van der Waals surface area contributed by atoms with Gasteiger partial charge in [-0.1, -0.05) is 0 Å². The molecule has 0 bridgehead atoms. The second-order valence-electron chi connectivity index (χ2n) is 5.53. The summed E-state index contributed by atoms with van der Waals surface area (Å²) in [5, 5.41) is 0. The maximum atomic E-state index is 14.1. The van der Waals surface area contributed by atoms with Crippen LogP contribution >= 0.6 is 0 Å². The van der Waals surface area contributed by atoms with Gasteiger partial charge in [0, 0.05) is 0 Å². The quantitative estimate of drug-likeness (QED) is 0.779. The number of carbonyl (C=O) groups is 2. The number of Topliss-reactive ketones (excluding diaryl/α,β-unsaturated/α-hetero) is 1. The Labute approximate surface area is 116 Å². The lowest BCUT2D eigenvalue weighted by Crippen LogP contribution is -2.37. The molecule has 0 spiro atoms. The van der Waals surface area contributed by atoms with Crippen LogP contribution in [0.25, 0.3) is 0 Å². The van der Waals surface area contributed by atoms with E-state index < -0.39 is 17.5 Å². The lowest BCUT2D eigenvalue weighted by atomic mass is 10.1. The van der Waals surface area contributed by atoms with Gasteiger partial charge in [0.05, 0.1) is 30.0 Å². The summed E-state index contributed by atoms with van der Waals surface area (Å²) < 4.78 is 19.8. The average molecular weight is 277 g/mol. The van der Waals surface area contributed by atoms with Gasteiger partial charge in [0.25, 0.3) is 11.7 Å². The van der Waals surface area contributed by atoms with Gasteiger partial charge in [-0.15, -0.1) is 0 Å². The summed E-state index contributed by atoms with van der Waals surface area (Å²) >= 11 is 0. The Hall–Kier alpha value is -1.75. The maximum Gasteiger partial charge on any atom is 0.299 e. The van der Waals surface area contributed by atoms with Gasteiger partial charge >= 0.3 is 0 Å². The van der Waals surface area contributed by atoms with E-state index in [4.69, 9.17) is 4.74 Å². The van der Waals surface area contributed by atoms with Crippen molar-refractivity contribution in [2.75, 3.05) is 11.4 Å². The van der Waals surface area contributed by atoms with Gasteiger partial charge in [-0.2, -0.15) is 0 Å². The fraction of sp³-hybridized carbons (Fsp3) is 0.467. The fourth-order valence-corrected chi connectivity index (χ4v) is 2.92. The Morgan fingerprint density at radius 2 is 2.10 bits per heavy atom. The van der Waals surface area contributed by atoms with Gasteiger partial charge in [0.1, 0.15) is 5.82 Å². The normalized spacial score (nSPS) is 25.4. The van der Waals surface area contributed by atoms with Gasteiger partial charge in [-0.3, -0.25) is 14.5 Å². The molecule has 5 heteroatoms. The molecule has 2 unspecified atom stereocenters. The van der Waals surface area contributed by atoms with Crippen LogP contribution in [0.4, 0.5) is 10.1 Å². The Balaban J connectivity index is 1.94. The minimum atomic E-state index is -0.660. The number of ether oxygens (including phenoxy) is 1. The zero-order valence-corrected chi connectivity index (χ0v) is 11.5. The zero-order chi connectivity index (χ0) is 14.4. The van der Waals surface area contributed by atoms with Crippen LogP contribution in [0.1, 0.15) is 35.7 Å². The summed E-state index contributed by atoms with van der Waals surface area (Å²) in [6, 6.07) is 2.91. The smallest absolute Gasteiger partial charge is 0.299 e. The highest BCUT2D eigenvalue weighted by Crippen LogP contribution is 2.34. The van der Waals surface area contributed by atoms with Crippen molar-refractivity contribution in [2.24, 2.45) is 0 Å². The first-order valence-corrected chi connectivity index (χ1v) is 6.79. The molecule has 0 aliphatic carbocycles. The van der Waals surface area contributed by atoms with E-state index in [9.17, 15) is 14.0 Å². The standard InChI is InChI=1S/C15H16FNO3/c1-8-5-11-13(12(16)6-8)17(15(19)14(11)18)7-10-4-3-9(2)20-10/h5-6,9-10H,3-4,7H2,1-2H3.